The van der Waals surface area contributed by atoms with Crippen LogP contribution in [-0.2, 0) is 11.3 Å². The number of nitrogens with zero attached hydrogens (tertiary/aromatic N) is 2. The van der Waals surface area contributed by atoms with Crippen molar-refractivity contribution in [3.8, 4) is 11.5 Å². The molecule has 2 aliphatic heterocycles. The number of amides is 2. The SMILES string of the molecule is NC(=O)c1ccc(CN2CCN(C(=O)[C@H]3COc4ccccc4O3)CC2)cc1. The maximum Gasteiger partial charge on any atom is 0.267 e. The molecule has 0 aliphatic carbocycles. The molecule has 7 heteroatoms. The van der Waals surface area contributed by atoms with Crippen LogP contribution in [0.1, 0.15) is 15.9 Å². The number of hydrogen-bond acceptors (Lipinski definition) is 5. The Bertz CT molecular complexity index is 860. The molecule has 2 aromatic carbocycles. The van der Waals surface area contributed by atoms with E-state index in [1.54, 1.807) is 12.1 Å². The van der Waals surface area contributed by atoms with Gasteiger partial charge in [0.25, 0.3) is 5.91 Å². The van der Waals surface area contributed by atoms with E-state index in [2.05, 4.69) is 4.90 Å². The fourth-order valence-corrected chi connectivity index (χ4v) is 3.50. The molecule has 0 bridgehead atoms. The molecular weight excluding hydrogens is 358 g/mol. The van der Waals surface area contributed by atoms with Crippen LogP contribution in [-0.4, -0.2) is 60.5 Å². The predicted octanol–water partition coefficient (Wildman–Crippen LogP) is 1.27. The molecule has 1 saturated heterocycles. The predicted molar refractivity (Wildman–Crippen MR) is 103 cm³/mol. The van der Waals surface area contributed by atoms with Gasteiger partial charge >= 0.3 is 0 Å². The third-order valence-electron chi connectivity index (χ3n) is 5.11. The van der Waals surface area contributed by atoms with Gasteiger partial charge in [-0.1, -0.05) is 24.3 Å². The minimum Gasteiger partial charge on any atom is -0.485 e. The highest BCUT2D eigenvalue weighted by Crippen LogP contribution is 2.31. The van der Waals surface area contributed by atoms with E-state index in [0.29, 0.717) is 30.2 Å². The average molecular weight is 381 g/mol. The number of para-hydroxylation sites is 2. The molecule has 0 saturated carbocycles. The van der Waals surface area contributed by atoms with Gasteiger partial charge in [-0.2, -0.15) is 0 Å². The maximum absolute atomic E-state index is 12.8. The molecule has 0 aromatic heterocycles. The lowest BCUT2D eigenvalue weighted by atomic mass is 10.1. The van der Waals surface area contributed by atoms with E-state index in [0.717, 1.165) is 25.2 Å². The van der Waals surface area contributed by atoms with Gasteiger partial charge in [0.1, 0.15) is 6.61 Å². The van der Waals surface area contributed by atoms with Gasteiger partial charge in [-0.25, -0.2) is 0 Å². The molecule has 2 heterocycles. The minimum absolute atomic E-state index is 0.0278. The topological polar surface area (TPSA) is 85.1 Å². The smallest absolute Gasteiger partial charge is 0.267 e. The van der Waals surface area contributed by atoms with Gasteiger partial charge in [-0.3, -0.25) is 14.5 Å². The van der Waals surface area contributed by atoms with Crippen LogP contribution >= 0.6 is 0 Å². The summed E-state index contributed by atoms with van der Waals surface area (Å²) in [5, 5.41) is 0. The Morgan fingerprint density at radius 2 is 1.64 bits per heavy atom. The molecule has 1 fully saturated rings. The molecule has 146 valence electrons. The largest absolute Gasteiger partial charge is 0.485 e. The number of hydrogen-bond donors (Lipinski definition) is 1. The van der Waals surface area contributed by atoms with Gasteiger partial charge in [0, 0.05) is 38.3 Å². The van der Waals surface area contributed by atoms with Crippen LogP contribution in [0.15, 0.2) is 48.5 Å². The number of nitrogens with two attached hydrogens (primary N) is 1. The van der Waals surface area contributed by atoms with E-state index < -0.39 is 12.0 Å². The number of carbonyl (C=O) groups is 2. The minimum atomic E-state index is -0.595. The van der Waals surface area contributed by atoms with Gasteiger partial charge < -0.3 is 20.1 Å². The van der Waals surface area contributed by atoms with Gasteiger partial charge in [-0.15, -0.1) is 0 Å². The summed E-state index contributed by atoms with van der Waals surface area (Å²) in [5.41, 5.74) is 6.90. The van der Waals surface area contributed by atoms with Crippen molar-refractivity contribution in [2.45, 2.75) is 12.6 Å². The van der Waals surface area contributed by atoms with Crippen LogP contribution in [0.5, 0.6) is 11.5 Å². The summed E-state index contributed by atoms with van der Waals surface area (Å²) in [6, 6.07) is 14.7. The van der Waals surface area contributed by atoms with Crippen molar-refractivity contribution >= 4 is 11.8 Å². The number of ether oxygens (including phenoxy) is 2. The number of rotatable bonds is 4. The highest BCUT2D eigenvalue weighted by Gasteiger charge is 2.32. The maximum atomic E-state index is 12.8. The van der Waals surface area contributed by atoms with Gasteiger partial charge in [0.2, 0.25) is 12.0 Å². The van der Waals surface area contributed by atoms with Crippen molar-refractivity contribution in [1.29, 1.82) is 0 Å². The third-order valence-corrected chi connectivity index (χ3v) is 5.11. The third kappa shape index (κ3) is 3.94. The average Bonchev–Trinajstić information content (AvgIpc) is 2.74. The number of benzene rings is 2. The Morgan fingerprint density at radius 1 is 0.964 bits per heavy atom. The van der Waals surface area contributed by atoms with E-state index >= 15 is 0 Å². The van der Waals surface area contributed by atoms with Crippen LogP contribution in [0.3, 0.4) is 0 Å². The first-order chi connectivity index (χ1) is 13.6. The van der Waals surface area contributed by atoms with Crippen molar-refractivity contribution in [2.24, 2.45) is 5.73 Å². The first-order valence-electron chi connectivity index (χ1n) is 9.38. The lowest BCUT2D eigenvalue weighted by molar-refractivity contribution is -0.143. The van der Waals surface area contributed by atoms with Gasteiger partial charge in [-0.05, 0) is 29.8 Å². The molecule has 1 atom stereocenters. The molecule has 28 heavy (non-hydrogen) atoms. The van der Waals surface area contributed by atoms with E-state index in [4.69, 9.17) is 15.2 Å². The normalized spacial score (nSPS) is 19.3. The molecule has 2 amide bonds. The number of carbonyl (C=O) groups excluding carboxylic acids is 2. The monoisotopic (exact) mass is 381 g/mol. The summed E-state index contributed by atoms with van der Waals surface area (Å²) in [6.07, 6.45) is -0.595. The van der Waals surface area contributed by atoms with E-state index in [9.17, 15) is 9.59 Å². The van der Waals surface area contributed by atoms with E-state index in [1.807, 2.05) is 41.3 Å². The number of piperazine rings is 1. The first-order valence-corrected chi connectivity index (χ1v) is 9.38. The zero-order chi connectivity index (χ0) is 19.5. The van der Waals surface area contributed by atoms with Crippen LogP contribution in [0.4, 0.5) is 0 Å². The lowest BCUT2D eigenvalue weighted by Crippen LogP contribution is -2.53. The van der Waals surface area contributed by atoms with Crippen LogP contribution < -0.4 is 15.2 Å². The Hall–Kier alpha value is -3.06. The summed E-state index contributed by atoms with van der Waals surface area (Å²) >= 11 is 0. The van der Waals surface area contributed by atoms with Crippen molar-refractivity contribution in [3.63, 3.8) is 0 Å². The fraction of sp³-hybridized carbons (Fsp3) is 0.333. The Balaban J connectivity index is 1.29. The molecule has 2 aromatic rings. The zero-order valence-electron chi connectivity index (χ0n) is 15.5. The summed E-state index contributed by atoms with van der Waals surface area (Å²) < 4.78 is 11.5. The molecule has 2 N–H and O–H groups in total. The zero-order valence-corrected chi connectivity index (χ0v) is 15.5. The highest BCUT2D eigenvalue weighted by atomic mass is 16.6. The van der Waals surface area contributed by atoms with Crippen LogP contribution in [0, 0.1) is 0 Å². The summed E-state index contributed by atoms with van der Waals surface area (Å²) in [5.74, 6) is 0.846. The fourth-order valence-electron chi connectivity index (χ4n) is 3.50. The van der Waals surface area contributed by atoms with Crippen molar-refractivity contribution in [1.82, 2.24) is 9.80 Å². The standard InChI is InChI=1S/C21H23N3O4/c22-20(25)16-7-5-15(6-8-16)13-23-9-11-24(12-10-23)21(26)19-14-27-17-3-1-2-4-18(17)28-19/h1-8,19H,9-14H2,(H2,22,25)/t19-/m1/s1. The molecule has 7 nitrogen and oxygen atoms in total. The van der Waals surface area contributed by atoms with E-state index in [1.165, 1.54) is 0 Å². The van der Waals surface area contributed by atoms with Gasteiger partial charge in [0.15, 0.2) is 11.5 Å². The Labute approximate surface area is 163 Å². The van der Waals surface area contributed by atoms with Crippen molar-refractivity contribution < 1.29 is 19.1 Å². The van der Waals surface area contributed by atoms with Crippen molar-refractivity contribution in [2.75, 3.05) is 32.8 Å². The molecule has 4 rings (SSSR count). The summed E-state index contributed by atoms with van der Waals surface area (Å²) in [4.78, 5) is 28.1. The Morgan fingerprint density at radius 3 is 2.32 bits per heavy atom. The molecular formula is C21H23N3O4. The van der Waals surface area contributed by atoms with Crippen molar-refractivity contribution in [3.05, 3.63) is 59.7 Å². The molecule has 0 radical (unpaired) electrons. The molecule has 0 unspecified atom stereocenters. The second-order valence-corrected chi connectivity index (χ2v) is 7.03. The van der Waals surface area contributed by atoms with Gasteiger partial charge in [0.05, 0.1) is 0 Å². The lowest BCUT2D eigenvalue weighted by Gasteiger charge is -2.37. The molecule has 2 aliphatic rings. The number of primary amides is 1. The highest BCUT2D eigenvalue weighted by molar-refractivity contribution is 5.92. The second-order valence-electron chi connectivity index (χ2n) is 7.03. The number of fused-ring (bicyclic) bond motifs is 1. The summed E-state index contributed by atoms with van der Waals surface area (Å²) in [6.45, 7) is 3.89. The summed E-state index contributed by atoms with van der Waals surface area (Å²) in [7, 11) is 0. The first kappa shape index (κ1) is 18.3. The van der Waals surface area contributed by atoms with Crippen LogP contribution in [0.2, 0.25) is 0 Å². The van der Waals surface area contributed by atoms with E-state index in [-0.39, 0.29) is 12.5 Å². The molecule has 0 spiro atoms. The Kier molecular flexibility index (Phi) is 5.16. The second kappa shape index (κ2) is 7.90. The quantitative estimate of drug-likeness (QED) is 0.862. The van der Waals surface area contributed by atoms with Crippen LogP contribution in [0.25, 0.3) is 0 Å².